The standard InChI is InChI=1S/C19H21N5O4S/c1-12-17(29-22-21-12)18(26)23-8-6-13(7-9-23)10-20-16(25)11-24-14-4-2-3-5-15(14)28-19(24)27/h2-5,13H,6-11H2,1H3,(H,20,25). The van der Waals surface area contributed by atoms with E-state index in [4.69, 9.17) is 4.42 Å². The van der Waals surface area contributed by atoms with Gasteiger partial charge in [-0.3, -0.25) is 14.2 Å². The Labute approximate surface area is 170 Å². The quantitative estimate of drug-likeness (QED) is 0.675. The van der Waals surface area contributed by atoms with E-state index < -0.39 is 5.76 Å². The molecule has 1 aliphatic heterocycles. The van der Waals surface area contributed by atoms with Gasteiger partial charge in [0.15, 0.2) is 5.58 Å². The predicted molar refractivity (Wildman–Crippen MR) is 107 cm³/mol. The predicted octanol–water partition coefficient (Wildman–Crippen LogP) is 1.42. The third-order valence-corrected chi connectivity index (χ3v) is 6.03. The molecule has 3 aromatic rings. The molecule has 1 N–H and O–H groups in total. The van der Waals surface area contributed by atoms with E-state index in [1.54, 1.807) is 31.2 Å². The first-order valence-electron chi connectivity index (χ1n) is 9.46. The zero-order chi connectivity index (χ0) is 20.4. The minimum Gasteiger partial charge on any atom is -0.408 e. The van der Waals surface area contributed by atoms with Crippen molar-refractivity contribution < 1.29 is 14.0 Å². The lowest BCUT2D eigenvalue weighted by molar-refractivity contribution is -0.121. The second-order valence-corrected chi connectivity index (χ2v) is 7.90. The van der Waals surface area contributed by atoms with Crippen LogP contribution < -0.4 is 11.1 Å². The van der Waals surface area contributed by atoms with Gasteiger partial charge in [0.1, 0.15) is 11.4 Å². The Morgan fingerprint density at radius 1 is 1.28 bits per heavy atom. The summed E-state index contributed by atoms with van der Waals surface area (Å²) in [6.07, 6.45) is 1.62. The van der Waals surface area contributed by atoms with Crippen LogP contribution >= 0.6 is 11.5 Å². The van der Waals surface area contributed by atoms with Gasteiger partial charge in [-0.05, 0) is 49.3 Å². The molecule has 0 spiro atoms. The van der Waals surface area contributed by atoms with E-state index in [-0.39, 0.29) is 18.4 Å². The van der Waals surface area contributed by atoms with Gasteiger partial charge in [-0.25, -0.2) is 4.79 Å². The highest BCUT2D eigenvalue weighted by atomic mass is 32.1. The summed E-state index contributed by atoms with van der Waals surface area (Å²) in [6.45, 7) is 3.51. The van der Waals surface area contributed by atoms with Crippen molar-refractivity contribution in [3.8, 4) is 0 Å². The lowest BCUT2D eigenvalue weighted by Crippen LogP contribution is -2.42. The molecule has 0 saturated carbocycles. The number of aromatic nitrogens is 3. The van der Waals surface area contributed by atoms with Gasteiger partial charge in [0.05, 0.1) is 11.2 Å². The van der Waals surface area contributed by atoms with Crippen molar-refractivity contribution in [1.82, 2.24) is 24.4 Å². The Kier molecular flexibility index (Phi) is 5.43. The average Bonchev–Trinajstić information content (AvgIpc) is 3.29. The van der Waals surface area contributed by atoms with Gasteiger partial charge in [0.2, 0.25) is 5.91 Å². The minimum atomic E-state index is -0.541. The van der Waals surface area contributed by atoms with E-state index in [0.717, 1.165) is 24.4 Å². The van der Waals surface area contributed by atoms with E-state index in [1.807, 2.05) is 4.90 Å². The molecule has 2 aromatic heterocycles. The number of nitrogens with zero attached hydrogens (tertiary/aromatic N) is 4. The van der Waals surface area contributed by atoms with Crippen molar-refractivity contribution in [2.45, 2.75) is 26.3 Å². The molecular weight excluding hydrogens is 394 g/mol. The van der Waals surface area contributed by atoms with Gasteiger partial charge in [0, 0.05) is 19.6 Å². The molecular formula is C19H21N5O4S. The van der Waals surface area contributed by atoms with Crippen molar-refractivity contribution in [2.75, 3.05) is 19.6 Å². The van der Waals surface area contributed by atoms with Crippen LogP contribution in [0, 0.1) is 12.8 Å². The number of aryl methyl sites for hydroxylation is 1. The highest BCUT2D eigenvalue weighted by Crippen LogP contribution is 2.20. The van der Waals surface area contributed by atoms with Crippen LogP contribution in [0.25, 0.3) is 11.1 Å². The number of hydrogen-bond donors (Lipinski definition) is 1. The van der Waals surface area contributed by atoms with Crippen molar-refractivity contribution in [2.24, 2.45) is 5.92 Å². The number of fused-ring (bicyclic) bond motifs is 1. The number of likely N-dealkylation sites (tertiary alicyclic amines) is 1. The van der Waals surface area contributed by atoms with E-state index >= 15 is 0 Å². The molecule has 10 heteroatoms. The number of carbonyl (C=O) groups is 2. The molecule has 1 aliphatic rings. The van der Waals surface area contributed by atoms with Crippen molar-refractivity contribution >= 4 is 34.4 Å². The highest BCUT2D eigenvalue weighted by molar-refractivity contribution is 7.07. The molecule has 2 amide bonds. The molecule has 29 heavy (non-hydrogen) atoms. The second kappa shape index (κ2) is 8.16. The topological polar surface area (TPSA) is 110 Å². The Balaban J connectivity index is 1.27. The summed E-state index contributed by atoms with van der Waals surface area (Å²) in [7, 11) is 0. The normalized spacial score (nSPS) is 15.0. The summed E-state index contributed by atoms with van der Waals surface area (Å²) in [5.74, 6) is -0.503. The van der Waals surface area contributed by atoms with Crippen LogP contribution in [-0.4, -0.2) is 50.5 Å². The number of amides is 2. The first kappa shape index (κ1) is 19.3. The monoisotopic (exact) mass is 415 g/mol. The van der Waals surface area contributed by atoms with Crippen LogP contribution in [0.5, 0.6) is 0 Å². The molecule has 0 bridgehead atoms. The molecule has 152 valence electrons. The summed E-state index contributed by atoms with van der Waals surface area (Å²) in [5.41, 5.74) is 1.73. The van der Waals surface area contributed by atoms with E-state index in [9.17, 15) is 14.4 Å². The lowest BCUT2D eigenvalue weighted by atomic mass is 9.96. The SMILES string of the molecule is Cc1nnsc1C(=O)N1CCC(CNC(=O)Cn2c(=O)oc3ccccc32)CC1. The zero-order valence-corrected chi connectivity index (χ0v) is 16.8. The number of benzene rings is 1. The van der Waals surface area contributed by atoms with Crippen LogP contribution in [-0.2, 0) is 11.3 Å². The van der Waals surface area contributed by atoms with Crippen LogP contribution in [0.2, 0.25) is 0 Å². The Hall–Kier alpha value is -3.01. The molecule has 1 aromatic carbocycles. The highest BCUT2D eigenvalue weighted by Gasteiger charge is 2.26. The Morgan fingerprint density at radius 2 is 2.03 bits per heavy atom. The molecule has 4 rings (SSSR count). The number of oxazole rings is 1. The van der Waals surface area contributed by atoms with Gasteiger partial charge < -0.3 is 14.6 Å². The molecule has 1 saturated heterocycles. The maximum absolute atomic E-state index is 12.5. The fourth-order valence-electron chi connectivity index (χ4n) is 3.53. The van der Waals surface area contributed by atoms with Crippen LogP contribution in [0.1, 0.15) is 28.2 Å². The van der Waals surface area contributed by atoms with E-state index in [1.165, 1.54) is 4.57 Å². The second-order valence-electron chi connectivity index (χ2n) is 7.15. The number of carbonyl (C=O) groups excluding carboxylic acids is 2. The summed E-state index contributed by atoms with van der Waals surface area (Å²) in [6, 6.07) is 7.02. The van der Waals surface area contributed by atoms with E-state index in [2.05, 4.69) is 14.9 Å². The van der Waals surface area contributed by atoms with Crippen molar-refractivity contribution in [1.29, 1.82) is 0 Å². The van der Waals surface area contributed by atoms with Crippen LogP contribution in [0.15, 0.2) is 33.5 Å². The molecule has 0 atom stereocenters. The Morgan fingerprint density at radius 3 is 2.76 bits per heavy atom. The third kappa shape index (κ3) is 4.07. The molecule has 3 heterocycles. The van der Waals surface area contributed by atoms with Gasteiger partial charge in [-0.15, -0.1) is 5.10 Å². The number of piperidine rings is 1. The first-order valence-corrected chi connectivity index (χ1v) is 10.2. The largest absolute Gasteiger partial charge is 0.420 e. The van der Waals surface area contributed by atoms with Crippen molar-refractivity contribution in [3.05, 3.63) is 45.4 Å². The summed E-state index contributed by atoms with van der Waals surface area (Å²) in [5, 5.41) is 6.80. The van der Waals surface area contributed by atoms with Crippen LogP contribution in [0.4, 0.5) is 0 Å². The molecule has 9 nitrogen and oxygen atoms in total. The summed E-state index contributed by atoms with van der Waals surface area (Å²) < 4.78 is 10.3. The van der Waals surface area contributed by atoms with Gasteiger partial charge in [-0.1, -0.05) is 16.6 Å². The average molecular weight is 415 g/mol. The van der Waals surface area contributed by atoms with Gasteiger partial charge in [-0.2, -0.15) is 0 Å². The number of nitrogens with one attached hydrogen (secondary N) is 1. The van der Waals surface area contributed by atoms with Crippen LogP contribution in [0.3, 0.4) is 0 Å². The maximum Gasteiger partial charge on any atom is 0.420 e. The van der Waals surface area contributed by atoms with Gasteiger partial charge in [0.25, 0.3) is 5.91 Å². The zero-order valence-electron chi connectivity index (χ0n) is 16.0. The maximum atomic E-state index is 12.5. The van der Waals surface area contributed by atoms with Crippen molar-refractivity contribution in [3.63, 3.8) is 0 Å². The van der Waals surface area contributed by atoms with Gasteiger partial charge >= 0.3 is 5.76 Å². The number of para-hydroxylation sites is 2. The lowest BCUT2D eigenvalue weighted by Gasteiger charge is -2.31. The molecule has 0 aliphatic carbocycles. The first-order chi connectivity index (χ1) is 14.0. The number of hydrogen-bond acceptors (Lipinski definition) is 7. The molecule has 0 radical (unpaired) electrons. The molecule has 0 unspecified atom stereocenters. The summed E-state index contributed by atoms with van der Waals surface area (Å²) >= 11 is 1.12. The molecule has 1 fully saturated rings. The Bertz CT molecular complexity index is 1090. The summed E-state index contributed by atoms with van der Waals surface area (Å²) in [4.78, 5) is 39.2. The minimum absolute atomic E-state index is 0.0220. The number of rotatable bonds is 5. The van der Waals surface area contributed by atoms with E-state index in [0.29, 0.717) is 47.2 Å². The smallest absolute Gasteiger partial charge is 0.408 e. The fraction of sp³-hybridized carbons (Fsp3) is 0.421. The fourth-order valence-corrected chi connectivity index (χ4v) is 4.16. The third-order valence-electron chi connectivity index (χ3n) is 5.21.